The molecule has 0 saturated heterocycles. The normalized spacial score (nSPS) is 14.0. The van der Waals surface area contributed by atoms with Crippen LogP contribution < -0.4 is 5.73 Å². The summed E-state index contributed by atoms with van der Waals surface area (Å²) in [5.41, 5.74) is 4.33. The molecule has 1 aromatic carbocycles. The molecule has 0 spiro atoms. The molecule has 0 fully saturated rings. The van der Waals surface area contributed by atoms with Crippen LogP contribution in [0.3, 0.4) is 0 Å². The first-order valence-corrected chi connectivity index (χ1v) is 3.23. The first-order chi connectivity index (χ1) is 6.36. The Hall–Kier alpha value is -1.03. The highest BCUT2D eigenvalue weighted by Crippen LogP contribution is 2.28. The second-order valence-corrected chi connectivity index (χ2v) is 2.21. The Bertz CT molecular complexity index is 326. The van der Waals surface area contributed by atoms with Crippen molar-refractivity contribution in [1.82, 2.24) is 0 Å². The van der Waals surface area contributed by atoms with E-state index in [2.05, 4.69) is 0 Å². The van der Waals surface area contributed by atoms with Crippen LogP contribution in [0, 0.1) is 0 Å². The van der Waals surface area contributed by atoms with Crippen LogP contribution in [0.5, 0.6) is 0 Å². The summed E-state index contributed by atoms with van der Waals surface area (Å²) in [6, 6.07) is 0.681. The van der Waals surface area contributed by atoms with Crippen molar-refractivity contribution >= 4 is 0 Å². The average Bonchev–Trinajstić information content (AvgIpc) is 2.01. The molecule has 0 aromatic heterocycles. The molecule has 0 heterocycles. The van der Waals surface area contributed by atoms with Crippen LogP contribution >= 0.6 is 0 Å². The summed E-state index contributed by atoms with van der Waals surface area (Å²) in [6.45, 7) is -0.101. The van der Waals surface area contributed by atoms with Gasteiger partial charge >= 0.3 is 6.18 Å². The van der Waals surface area contributed by atoms with Gasteiger partial charge in [-0.05, 0) is 17.7 Å². The second kappa shape index (κ2) is 3.15. The zero-order valence-electron chi connectivity index (χ0n) is 8.07. The first-order valence-electron chi connectivity index (χ1n) is 4.23. The first kappa shape index (κ1) is 6.48. The topological polar surface area (TPSA) is 26.0 Å². The number of nitrogens with two attached hydrogens (primary N) is 1. The van der Waals surface area contributed by atoms with Crippen molar-refractivity contribution in [3.63, 3.8) is 0 Å². The van der Waals surface area contributed by atoms with E-state index in [1.54, 1.807) is 0 Å². The standard InChI is InChI=1S/C8H8F3N/c9-8(10,11)7-3-1-6(5-12)2-4-7/h1-4H,5,12H2/i1D,2D. The fourth-order valence-electron chi connectivity index (χ4n) is 0.695. The smallest absolute Gasteiger partial charge is 0.326 e. The summed E-state index contributed by atoms with van der Waals surface area (Å²) >= 11 is 0. The lowest BCUT2D eigenvalue weighted by molar-refractivity contribution is -0.137. The lowest BCUT2D eigenvalue weighted by atomic mass is 10.1. The Labute approximate surface area is 70.8 Å². The quantitative estimate of drug-likeness (QED) is 0.698. The average molecular weight is 177 g/mol. The van der Waals surface area contributed by atoms with Crippen LogP contribution in [0.2, 0.25) is 0 Å². The van der Waals surface area contributed by atoms with E-state index in [-0.39, 0.29) is 24.2 Å². The maximum Gasteiger partial charge on any atom is 0.416 e. The number of halogens is 3. The monoisotopic (exact) mass is 177 g/mol. The van der Waals surface area contributed by atoms with Gasteiger partial charge in [0.05, 0.1) is 8.30 Å². The second-order valence-electron chi connectivity index (χ2n) is 2.21. The van der Waals surface area contributed by atoms with Crippen molar-refractivity contribution < 1.29 is 15.9 Å². The molecule has 0 aliphatic rings. The molecule has 0 saturated carbocycles. The molecule has 4 heteroatoms. The Balaban J connectivity index is 3.28. The molecule has 0 bridgehead atoms. The molecule has 0 atom stereocenters. The predicted octanol–water partition coefficient (Wildman–Crippen LogP) is 2.16. The molecule has 1 aromatic rings. The largest absolute Gasteiger partial charge is 0.416 e. The van der Waals surface area contributed by atoms with Gasteiger partial charge in [-0.25, -0.2) is 0 Å². The highest BCUT2D eigenvalue weighted by atomic mass is 19.4. The van der Waals surface area contributed by atoms with Crippen molar-refractivity contribution in [2.45, 2.75) is 12.7 Å². The van der Waals surface area contributed by atoms with E-state index in [0.717, 1.165) is 0 Å². The van der Waals surface area contributed by atoms with E-state index in [4.69, 9.17) is 8.48 Å². The highest BCUT2D eigenvalue weighted by Gasteiger charge is 2.29. The molecule has 0 amide bonds. The number of hydrogen-bond acceptors (Lipinski definition) is 1. The molecule has 12 heavy (non-hydrogen) atoms. The SMILES string of the molecule is [2H]c1cc(C(F)(F)F)cc([2H])c1CN. The maximum absolute atomic E-state index is 12.2. The molecule has 1 nitrogen and oxygen atoms in total. The summed E-state index contributed by atoms with van der Waals surface area (Å²) in [4.78, 5) is 0. The molecular weight excluding hydrogens is 167 g/mol. The predicted molar refractivity (Wildman–Crippen MR) is 39.3 cm³/mol. The summed E-state index contributed by atoms with van der Waals surface area (Å²) in [5, 5.41) is 0. The zero-order chi connectivity index (χ0) is 10.9. The van der Waals surface area contributed by atoms with Gasteiger partial charge in [0, 0.05) is 6.54 Å². The van der Waals surface area contributed by atoms with Gasteiger partial charge in [0.1, 0.15) is 0 Å². The Morgan fingerprint density at radius 2 is 1.83 bits per heavy atom. The van der Waals surface area contributed by atoms with Crippen molar-refractivity contribution in [3.05, 3.63) is 35.3 Å². The molecule has 1 rings (SSSR count). The van der Waals surface area contributed by atoms with E-state index in [1.807, 2.05) is 0 Å². The Morgan fingerprint density at radius 3 is 2.17 bits per heavy atom. The minimum absolute atomic E-state index is 0.101. The number of alkyl halides is 3. The van der Waals surface area contributed by atoms with E-state index in [9.17, 15) is 13.2 Å². The van der Waals surface area contributed by atoms with Crippen LogP contribution in [-0.4, -0.2) is 0 Å². The van der Waals surface area contributed by atoms with Gasteiger partial charge in [0.25, 0.3) is 0 Å². The Morgan fingerprint density at radius 1 is 1.33 bits per heavy atom. The van der Waals surface area contributed by atoms with Crippen molar-refractivity contribution in [2.24, 2.45) is 5.73 Å². The van der Waals surface area contributed by atoms with Crippen molar-refractivity contribution in [3.8, 4) is 0 Å². The van der Waals surface area contributed by atoms with E-state index in [0.29, 0.717) is 12.1 Å². The van der Waals surface area contributed by atoms with Crippen molar-refractivity contribution in [1.29, 1.82) is 0 Å². The van der Waals surface area contributed by atoms with Crippen LogP contribution in [0.4, 0.5) is 13.2 Å². The number of hydrogen-bond donors (Lipinski definition) is 1. The molecule has 0 aliphatic heterocycles. The zero-order valence-corrected chi connectivity index (χ0v) is 6.07. The fraction of sp³-hybridized carbons (Fsp3) is 0.250. The van der Waals surface area contributed by atoms with E-state index in [1.165, 1.54) is 0 Å². The Kier molecular flexibility index (Phi) is 1.70. The molecule has 66 valence electrons. The third-order valence-electron chi connectivity index (χ3n) is 1.34. The molecular formula is C8H8F3N. The molecule has 0 aliphatic carbocycles. The number of benzene rings is 1. The molecule has 0 radical (unpaired) electrons. The van der Waals surface area contributed by atoms with Crippen LogP contribution in [0.15, 0.2) is 24.2 Å². The minimum Gasteiger partial charge on any atom is -0.326 e. The van der Waals surface area contributed by atoms with E-state index >= 15 is 0 Å². The molecule has 0 unspecified atom stereocenters. The van der Waals surface area contributed by atoms with Crippen LogP contribution in [0.1, 0.15) is 13.9 Å². The van der Waals surface area contributed by atoms with E-state index < -0.39 is 11.7 Å². The van der Waals surface area contributed by atoms with Gasteiger partial charge in [-0.15, -0.1) is 0 Å². The third-order valence-corrected chi connectivity index (χ3v) is 1.34. The molecule has 2 N–H and O–H groups in total. The highest BCUT2D eigenvalue weighted by molar-refractivity contribution is 5.24. The lowest BCUT2D eigenvalue weighted by Gasteiger charge is -2.06. The minimum atomic E-state index is -4.52. The number of rotatable bonds is 1. The summed E-state index contributed by atoms with van der Waals surface area (Å²) < 4.78 is 51.0. The van der Waals surface area contributed by atoms with Gasteiger partial charge < -0.3 is 5.73 Å². The maximum atomic E-state index is 12.2. The van der Waals surface area contributed by atoms with Crippen LogP contribution in [-0.2, 0) is 12.7 Å². The lowest BCUT2D eigenvalue weighted by Crippen LogP contribution is -2.05. The van der Waals surface area contributed by atoms with Gasteiger partial charge in [-0.1, -0.05) is 12.1 Å². The third kappa shape index (κ3) is 1.98. The van der Waals surface area contributed by atoms with Crippen LogP contribution in [0.25, 0.3) is 0 Å². The summed E-state index contributed by atoms with van der Waals surface area (Å²) in [5.74, 6) is 0. The van der Waals surface area contributed by atoms with Gasteiger partial charge in [-0.3, -0.25) is 0 Å². The van der Waals surface area contributed by atoms with Gasteiger partial charge in [-0.2, -0.15) is 13.2 Å². The van der Waals surface area contributed by atoms with Crippen molar-refractivity contribution in [2.75, 3.05) is 0 Å². The van der Waals surface area contributed by atoms with Gasteiger partial charge in [0.15, 0.2) is 0 Å². The van der Waals surface area contributed by atoms with Gasteiger partial charge in [0.2, 0.25) is 0 Å². The summed E-state index contributed by atoms with van der Waals surface area (Å²) in [6.07, 6.45) is -4.52. The summed E-state index contributed by atoms with van der Waals surface area (Å²) in [7, 11) is 0. The fourth-order valence-corrected chi connectivity index (χ4v) is 0.695.